The molecule has 2 aromatic carbocycles. The van der Waals surface area contributed by atoms with Gasteiger partial charge >= 0.3 is 0 Å². The van der Waals surface area contributed by atoms with Crippen molar-refractivity contribution in [2.24, 2.45) is 0 Å². The summed E-state index contributed by atoms with van der Waals surface area (Å²) in [6.45, 7) is 2.52. The number of ether oxygens (including phenoxy) is 1. The molecule has 4 rings (SSSR count). The first kappa shape index (κ1) is 20.0. The van der Waals surface area contributed by atoms with Crippen LogP contribution in [-0.2, 0) is 17.6 Å². The second-order valence-electron chi connectivity index (χ2n) is 6.63. The number of carbonyl (C=O) groups excluding carboxylic acids is 2. The Hall–Kier alpha value is -3.32. The van der Waals surface area contributed by atoms with Crippen molar-refractivity contribution in [1.29, 1.82) is 0 Å². The predicted octanol–water partition coefficient (Wildman–Crippen LogP) is 4.85. The topological polar surface area (TPSA) is 81.4 Å². The number of amides is 2. The van der Waals surface area contributed by atoms with Gasteiger partial charge in [-0.3, -0.25) is 14.9 Å². The highest BCUT2D eigenvalue weighted by Crippen LogP contribution is 2.26. The molecule has 3 aromatic rings. The molecule has 0 radical (unpaired) electrons. The molecule has 1 aliphatic heterocycles. The fourth-order valence-corrected chi connectivity index (χ4v) is 3.74. The van der Waals surface area contributed by atoms with Gasteiger partial charge in [-0.05, 0) is 47.7 Å². The van der Waals surface area contributed by atoms with Crippen molar-refractivity contribution >= 4 is 29.0 Å². The quantitative estimate of drug-likeness (QED) is 0.550. The van der Waals surface area contributed by atoms with Gasteiger partial charge in [0, 0.05) is 18.4 Å². The number of hydrogen-bond acceptors (Lipinski definition) is 6. The number of oxazole rings is 1. The molecular weight excluding hydrogens is 400 g/mol. The molecule has 0 saturated carbocycles. The summed E-state index contributed by atoms with van der Waals surface area (Å²) in [6, 6.07) is 17.2. The molecular formula is C23H20N2O4S. The molecule has 30 heavy (non-hydrogen) atoms. The summed E-state index contributed by atoms with van der Waals surface area (Å²) in [6.07, 6.45) is 3.10. The largest absolute Gasteiger partial charge is 0.493 e. The predicted molar refractivity (Wildman–Crippen MR) is 116 cm³/mol. The van der Waals surface area contributed by atoms with E-state index < -0.39 is 0 Å². The summed E-state index contributed by atoms with van der Waals surface area (Å²) < 4.78 is 11.8. The van der Waals surface area contributed by atoms with Crippen molar-refractivity contribution in [2.75, 3.05) is 6.61 Å². The van der Waals surface area contributed by atoms with E-state index in [1.54, 1.807) is 6.08 Å². The number of nitrogens with one attached hydrogen (secondary N) is 1. The number of imide groups is 1. The van der Waals surface area contributed by atoms with Gasteiger partial charge in [-0.1, -0.05) is 37.3 Å². The normalized spacial score (nSPS) is 14.9. The van der Waals surface area contributed by atoms with Gasteiger partial charge < -0.3 is 9.15 Å². The maximum absolute atomic E-state index is 11.6. The average molecular weight is 420 g/mol. The number of nitrogens with zero attached hydrogens (tertiary/aromatic N) is 1. The first-order chi connectivity index (χ1) is 14.6. The number of aromatic nitrogens is 1. The zero-order chi connectivity index (χ0) is 20.9. The fourth-order valence-electron chi connectivity index (χ4n) is 3.06. The van der Waals surface area contributed by atoms with Crippen LogP contribution >= 0.6 is 11.8 Å². The van der Waals surface area contributed by atoms with Crippen LogP contribution in [0.5, 0.6) is 5.75 Å². The van der Waals surface area contributed by atoms with Gasteiger partial charge in [0.1, 0.15) is 11.5 Å². The van der Waals surface area contributed by atoms with E-state index in [4.69, 9.17) is 9.15 Å². The number of thioether (sulfide) groups is 1. The van der Waals surface area contributed by atoms with Crippen molar-refractivity contribution in [3.05, 3.63) is 76.5 Å². The van der Waals surface area contributed by atoms with Crippen LogP contribution in [0.25, 0.3) is 17.5 Å². The molecule has 0 bridgehead atoms. The minimum absolute atomic E-state index is 0.346. The first-order valence-corrected chi connectivity index (χ1v) is 10.5. The fraction of sp³-hybridized carbons (Fsp3) is 0.174. The Labute approximate surface area is 178 Å². The zero-order valence-electron chi connectivity index (χ0n) is 16.4. The molecule has 0 aliphatic carbocycles. The molecule has 1 fully saturated rings. The lowest BCUT2D eigenvalue weighted by atomic mass is 10.2. The summed E-state index contributed by atoms with van der Waals surface area (Å²) in [4.78, 5) is 27.9. The van der Waals surface area contributed by atoms with Gasteiger partial charge in [-0.25, -0.2) is 4.98 Å². The standard InChI is InChI=1S/C23H20N2O4S/c1-2-19-18(24-22(29-19)16-6-4-3-5-7-16)12-13-28-17-10-8-15(9-11-17)14-20-21(26)25-23(27)30-20/h3-11,14H,2,12-13H2,1H3,(H,25,26,27)/b20-14-. The molecule has 1 saturated heterocycles. The lowest BCUT2D eigenvalue weighted by Gasteiger charge is -2.06. The second kappa shape index (κ2) is 9.00. The van der Waals surface area contributed by atoms with Crippen LogP contribution in [0.2, 0.25) is 0 Å². The number of rotatable bonds is 7. The molecule has 152 valence electrons. The van der Waals surface area contributed by atoms with E-state index in [0.29, 0.717) is 23.8 Å². The van der Waals surface area contributed by atoms with Crippen molar-refractivity contribution in [1.82, 2.24) is 10.3 Å². The van der Waals surface area contributed by atoms with Crippen LogP contribution in [0.4, 0.5) is 4.79 Å². The highest BCUT2D eigenvalue weighted by Gasteiger charge is 2.24. The third kappa shape index (κ3) is 4.63. The van der Waals surface area contributed by atoms with Gasteiger partial charge in [-0.15, -0.1) is 0 Å². The highest BCUT2D eigenvalue weighted by atomic mass is 32.2. The van der Waals surface area contributed by atoms with E-state index in [9.17, 15) is 9.59 Å². The summed E-state index contributed by atoms with van der Waals surface area (Å²) in [5.74, 6) is 1.87. The van der Waals surface area contributed by atoms with Crippen molar-refractivity contribution in [3.63, 3.8) is 0 Å². The lowest BCUT2D eigenvalue weighted by Crippen LogP contribution is -2.17. The zero-order valence-corrected chi connectivity index (χ0v) is 17.2. The Balaban J connectivity index is 1.37. The van der Waals surface area contributed by atoms with Gasteiger partial charge in [0.05, 0.1) is 17.2 Å². The summed E-state index contributed by atoms with van der Waals surface area (Å²) in [5, 5.41) is 1.90. The second-order valence-corrected chi connectivity index (χ2v) is 7.64. The van der Waals surface area contributed by atoms with Crippen LogP contribution in [0.1, 0.15) is 23.9 Å². The number of aryl methyl sites for hydroxylation is 1. The van der Waals surface area contributed by atoms with E-state index in [2.05, 4.69) is 10.3 Å². The average Bonchev–Trinajstić information content (AvgIpc) is 3.32. The van der Waals surface area contributed by atoms with Crippen LogP contribution in [0.15, 0.2) is 63.9 Å². The smallest absolute Gasteiger partial charge is 0.290 e. The Kier molecular flexibility index (Phi) is 5.99. The molecule has 6 nitrogen and oxygen atoms in total. The summed E-state index contributed by atoms with van der Waals surface area (Å²) in [5.41, 5.74) is 2.69. The molecule has 2 heterocycles. The highest BCUT2D eigenvalue weighted by molar-refractivity contribution is 8.18. The van der Waals surface area contributed by atoms with Gasteiger partial charge in [0.15, 0.2) is 0 Å². The SMILES string of the molecule is CCc1oc(-c2ccccc2)nc1CCOc1ccc(/C=C2\SC(=O)NC2=O)cc1. The van der Waals surface area contributed by atoms with E-state index in [-0.39, 0.29) is 11.1 Å². The van der Waals surface area contributed by atoms with Crippen molar-refractivity contribution < 1.29 is 18.7 Å². The Morgan fingerprint density at radius 1 is 1.10 bits per heavy atom. The molecule has 1 aromatic heterocycles. The van der Waals surface area contributed by atoms with E-state index in [1.807, 2.05) is 61.5 Å². The molecule has 0 atom stereocenters. The van der Waals surface area contributed by atoms with E-state index >= 15 is 0 Å². The molecule has 1 aliphatic rings. The minimum Gasteiger partial charge on any atom is -0.493 e. The van der Waals surface area contributed by atoms with Crippen LogP contribution in [0.3, 0.4) is 0 Å². The molecule has 0 spiro atoms. The van der Waals surface area contributed by atoms with Crippen molar-refractivity contribution in [2.45, 2.75) is 19.8 Å². The number of carbonyl (C=O) groups is 2. The maximum Gasteiger partial charge on any atom is 0.290 e. The summed E-state index contributed by atoms with van der Waals surface area (Å²) in [7, 11) is 0. The molecule has 0 unspecified atom stereocenters. The monoisotopic (exact) mass is 420 g/mol. The van der Waals surface area contributed by atoms with Crippen LogP contribution in [0, 0.1) is 0 Å². The van der Waals surface area contributed by atoms with Gasteiger partial charge in [-0.2, -0.15) is 0 Å². The first-order valence-electron chi connectivity index (χ1n) is 9.64. The van der Waals surface area contributed by atoms with Crippen LogP contribution in [-0.4, -0.2) is 22.7 Å². The number of hydrogen-bond donors (Lipinski definition) is 1. The minimum atomic E-state index is -0.362. The van der Waals surface area contributed by atoms with E-state index in [0.717, 1.165) is 46.5 Å². The van der Waals surface area contributed by atoms with Gasteiger partial charge in [0.2, 0.25) is 5.89 Å². The Bertz CT molecular complexity index is 1090. The third-order valence-corrected chi connectivity index (χ3v) is 5.36. The molecule has 2 amide bonds. The lowest BCUT2D eigenvalue weighted by molar-refractivity contribution is -0.115. The van der Waals surface area contributed by atoms with E-state index in [1.165, 1.54) is 0 Å². The Morgan fingerprint density at radius 3 is 2.53 bits per heavy atom. The Morgan fingerprint density at radius 2 is 1.87 bits per heavy atom. The maximum atomic E-state index is 11.6. The molecule has 7 heteroatoms. The van der Waals surface area contributed by atoms with Crippen LogP contribution < -0.4 is 10.1 Å². The summed E-state index contributed by atoms with van der Waals surface area (Å²) >= 11 is 0.902. The molecule has 1 N–H and O–H groups in total. The van der Waals surface area contributed by atoms with Gasteiger partial charge in [0.25, 0.3) is 11.1 Å². The van der Waals surface area contributed by atoms with Crippen molar-refractivity contribution in [3.8, 4) is 17.2 Å². The third-order valence-electron chi connectivity index (χ3n) is 4.55. The number of benzene rings is 2.